The molecule has 8 heteroatoms. The second-order valence-electron chi connectivity index (χ2n) is 9.06. The van der Waals surface area contributed by atoms with E-state index in [0.717, 1.165) is 23.4 Å². The third-order valence-corrected chi connectivity index (χ3v) is 6.33. The maximum Gasteiger partial charge on any atom is 0.270 e. The molecular weight excluding hydrogens is 404 g/mol. The smallest absolute Gasteiger partial charge is 0.270 e. The molecule has 1 aromatic carbocycles. The third kappa shape index (κ3) is 6.51. The monoisotopic (exact) mass is 444 g/mol. The average Bonchev–Trinajstić information content (AvgIpc) is 2.78. The van der Waals surface area contributed by atoms with E-state index < -0.39 is 12.3 Å². The van der Waals surface area contributed by atoms with Gasteiger partial charge in [-0.25, -0.2) is 4.99 Å². The molecule has 1 aliphatic heterocycles. The maximum atomic E-state index is 12.8. The number of hydrogen-bond donors (Lipinski definition) is 5. The first-order chi connectivity index (χ1) is 15.4. The Morgan fingerprint density at radius 2 is 2.06 bits per heavy atom. The number of nitrogens with zero attached hydrogens (tertiary/aromatic N) is 1. The van der Waals surface area contributed by atoms with Gasteiger partial charge in [0.1, 0.15) is 11.9 Å². The molecule has 178 valence electrons. The Bertz CT molecular complexity index is 791. The number of carbonyl (C=O) groups excluding carboxylic acids is 1. The van der Waals surface area contributed by atoms with Crippen LogP contribution in [0.15, 0.2) is 23.2 Å². The molecule has 1 aliphatic carbocycles. The van der Waals surface area contributed by atoms with Crippen molar-refractivity contribution in [2.45, 2.75) is 89.8 Å². The molecule has 4 atom stereocenters. The molecule has 8 nitrogen and oxygen atoms in total. The van der Waals surface area contributed by atoms with Crippen molar-refractivity contribution in [1.29, 1.82) is 0 Å². The van der Waals surface area contributed by atoms with Crippen molar-refractivity contribution in [3.8, 4) is 0 Å². The Labute approximate surface area is 192 Å². The van der Waals surface area contributed by atoms with E-state index >= 15 is 0 Å². The number of nitrogens with one attached hydrogen (secondary N) is 4. The highest BCUT2D eigenvalue weighted by Gasteiger charge is 2.30. The maximum absolute atomic E-state index is 12.8. The van der Waals surface area contributed by atoms with Crippen LogP contribution in [0.1, 0.15) is 57.9 Å². The lowest BCUT2D eigenvalue weighted by molar-refractivity contribution is -0.115. The summed E-state index contributed by atoms with van der Waals surface area (Å²) in [5.74, 6) is -0.279. The first-order valence-electron chi connectivity index (χ1n) is 12.0. The molecule has 2 aliphatic rings. The molecular formula is C24H40N6O2. The number of aliphatic imine (C=N–C) groups is 1. The first-order valence-corrected chi connectivity index (χ1v) is 12.0. The molecule has 1 aromatic rings. The number of aryl methyl sites for hydroxylation is 1. The summed E-state index contributed by atoms with van der Waals surface area (Å²) < 4.78 is 5.87. The number of anilines is 1. The molecule has 0 radical (unpaired) electrons. The fourth-order valence-electron chi connectivity index (χ4n) is 4.57. The topological polar surface area (TPSA) is 113 Å². The van der Waals surface area contributed by atoms with Gasteiger partial charge in [-0.15, -0.1) is 0 Å². The molecule has 0 saturated heterocycles. The van der Waals surface area contributed by atoms with Gasteiger partial charge in [0.15, 0.2) is 0 Å². The van der Waals surface area contributed by atoms with Gasteiger partial charge in [-0.3, -0.25) is 10.1 Å². The van der Waals surface area contributed by atoms with Crippen molar-refractivity contribution < 1.29 is 9.53 Å². The highest BCUT2D eigenvalue weighted by molar-refractivity contribution is 6.42. The molecule has 0 aromatic heterocycles. The number of hydrogen-bond acceptors (Lipinski definition) is 7. The lowest BCUT2D eigenvalue weighted by Crippen LogP contribution is -2.57. The van der Waals surface area contributed by atoms with Gasteiger partial charge in [-0.05, 0) is 50.8 Å². The number of ether oxygens (including phenoxy) is 1. The second-order valence-corrected chi connectivity index (χ2v) is 9.06. The second kappa shape index (κ2) is 11.7. The fourth-order valence-corrected chi connectivity index (χ4v) is 4.57. The molecule has 3 rings (SSSR count). The van der Waals surface area contributed by atoms with Gasteiger partial charge in [-0.2, -0.15) is 0 Å². The zero-order valence-corrected chi connectivity index (χ0v) is 19.9. The Morgan fingerprint density at radius 3 is 2.72 bits per heavy atom. The average molecular weight is 445 g/mol. The lowest BCUT2D eigenvalue weighted by atomic mass is 9.94. The summed E-state index contributed by atoms with van der Waals surface area (Å²) in [5, 5.41) is 13.5. The summed E-state index contributed by atoms with van der Waals surface area (Å²) in [6, 6.07) is 6.80. The van der Waals surface area contributed by atoms with E-state index in [0.29, 0.717) is 18.3 Å². The van der Waals surface area contributed by atoms with E-state index in [4.69, 9.17) is 10.5 Å². The predicted molar refractivity (Wildman–Crippen MR) is 130 cm³/mol. The molecule has 6 N–H and O–H groups in total. The number of nitrogens with two attached hydrogens (primary N) is 1. The van der Waals surface area contributed by atoms with E-state index in [9.17, 15) is 4.79 Å². The van der Waals surface area contributed by atoms with E-state index in [1.54, 1.807) is 14.0 Å². The van der Waals surface area contributed by atoms with Crippen molar-refractivity contribution in [2.75, 3.05) is 19.0 Å². The SMILES string of the molecule is CC[C@@H](NC1CCCCC1)[C@H](CNC1Nc2ccc(C)cc2N=C1C(=O)NC(C)N)OC. The zero-order valence-electron chi connectivity index (χ0n) is 19.9. The van der Waals surface area contributed by atoms with Gasteiger partial charge >= 0.3 is 0 Å². The van der Waals surface area contributed by atoms with Crippen LogP contribution in [0.3, 0.4) is 0 Å². The molecule has 1 heterocycles. The molecule has 1 amide bonds. The Morgan fingerprint density at radius 1 is 1.31 bits per heavy atom. The minimum Gasteiger partial charge on any atom is -0.379 e. The number of methoxy groups -OCH3 is 1. The molecule has 32 heavy (non-hydrogen) atoms. The van der Waals surface area contributed by atoms with Crippen molar-refractivity contribution >= 4 is 23.0 Å². The predicted octanol–water partition coefficient (Wildman–Crippen LogP) is 2.55. The Balaban J connectivity index is 1.71. The summed E-state index contributed by atoms with van der Waals surface area (Å²) in [5.41, 5.74) is 8.92. The van der Waals surface area contributed by atoms with Crippen LogP contribution in [-0.2, 0) is 9.53 Å². The van der Waals surface area contributed by atoms with Crippen LogP contribution in [0.25, 0.3) is 0 Å². The van der Waals surface area contributed by atoms with Crippen LogP contribution in [0.5, 0.6) is 0 Å². The highest BCUT2D eigenvalue weighted by Crippen LogP contribution is 2.30. The summed E-state index contributed by atoms with van der Waals surface area (Å²) in [6.07, 6.45) is 6.44. The number of amides is 1. The normalized spacial score (nSPS) is 21.7. The van der Waals surface area contributed by atoms with Gasteiger partial charge < -0.3 is 26.4 Å². The zero-order chi connectivity index (χ0) is 23.1. The molecule has 1 saturated carbocycles. The van der Waals surface area contributed by atoms with Crippen molar-refractivity contribution in [1.82, 2.24) is 16.0 Å². The molecule has 1 fully saturated rings. The number of benzene rings is 1. The van der Waals surface area contributed by atoms with E-state index in [2.05, 4.69) is 33.2 Å². The van der Waals surface area contributed by atoms with E-state index in [1.165, 1.54) is 32.1 Å². The standard InChI is InChI=1S/C24H40N6O2/c1-5-18(28-17-9-7-6-8-10-17)21(32-4)14-26-23-22(24(31)27-16(3)25)29-20-13-15(2)11-12-19(20)30-23/h11-13,16-18,21,23,26,28,30H,5-10,14,25H2,1-4H3,(H,27,31)/t16?,18-,21+,23?/m1/s1. The summed E-state index contributed by atoms with van der Waals surface area (Å²) in [7, 11) is 1.75. The first kappa shape index (κ1) is 24.6. The Hall–Kier alpha value is -2.00. The van der Waals surface area contributed by atoms with Crippen LogP contribution in [0, 0.1) is 6.92 Å². The van der Waals surface area contributed by atoms with Gasteiger partial charge in [-0.1, -0.05) is 32.3 Å². The van der Waals surface area contributed by atoms with Crippen LogP contribution in [-0.4, -0.2) is 55.8 Å². The minimum atomic E-state index is -0.458. The summed E-state index contributed by atoms with van der Waals surface area (Å²) in [6.45, 7) is 6.51. The van der Waals surface area contributed by atoms with Crippen LogP contribution < -0.4 is 27.0 Å². The van der Waals surface area contributed by atoms with Gasteiger partial charge in [0.05, 0.1) is 23.6 Å². The van der Waals surface area contributed by atoms with Crippen LogP contribution >= 0.6 is 0 Å². The van der Waals surface area contributed by atoms with E-state index in [-0.39, 0.29) is 18.1 Å². The quantitative estimate of drug-likeness (QED) is 0.355. The van der Waals surface area contributed by atoms with Crippen molar-refractivity contribution in [3.05, 3.63) is 23.8 Å². The molecule has 2 unspecified atom stereocenters. The van der Waals surface area contributed by atoms with Gasteiger partial charge in [0, 0.05) is 25.7 Å². The summed E-state index contributed by atoms with van der Waals surface area (Å²) >= 11 is 0. The molecule has 0 bridgehead atoms. The number of carbonyl (C=O) groups is 1. The number of rotatable bonds is 10. The number of fused-ring (bicyclic) bond motifs is 1. The Kier molecular flexibility index (Phi) is 9.04. The summed E-state index contributed by atoms with van der Waals surface area (Å²) in [4.78, 5) is 17.5. The van der Waals surface area contributed by atoms with Gasteiger partial charge in [0.25, 0.3) is 5.91 Å². The van der Waals surface area contributed by atoms with Crippen molar-refractivity contribution in [2.24, 2.45) is 10.7 Å². The largest absolute Gasteiger partial charge is 0.379 e. The lowest BCUT2D eigenvalue weighted by Gasteiger charge is -2.34. The van der Waals surface area contributed by atoms with Crippen LogP contribution in [0.4, 0.5) is 11.4 Å². The van der Waals surface area contributed by atoms with E-state index in [1.807, 2.05) is 25.1 Å². The highest BCUT2D eigenvalue weighted by atomic mass is 16.5. The van der Waals surface area contributed by atoms with Gasteiger partial charge in [0.2, 0.25) is 0 Å². The fraction of sp³-hybridized carbons (Fsp3) is 0.667. The van der Waals surface area contributed by atoms with Crippen molar-refractivity contribution in [3.63, 3.8) is 0 Å². The minimum absolute atomic E-state index is 0.0270. The third-order valence-electron chi connectivity index (χ3n) is 6.33. The molecule has 0 spiro atoms. The van der Waals surface area contributed by atoms with Crippen LogP contribution in [0.2, 0.25) is 0 Å².